The molecule has 0 radical (unpaired) electrons. The summed E-state index contributed by atoms with van der Waals surface area (Å²) in [4.78, 5) is 15.3. The molecule has 0 aliphatic heterocycles. The van der Waals surface area contributed by atoms with Gasteiger partial charge >= 0.3 is 0 Å². The van der Waals surface area contributed by atoms with Crippen molar-refractivity contribution in [1.29, 1.82) is 0 Å². The average molecular weight is 610 g/mol. The van der Waals surface area contributed by atoms with Gasteiger partial charge in [-0.2, -0.15) is 0 Å². The summed E-state index contributed by atoms with van der Waals surface area (Å²) in [6.45, 7) is 27.4. The van der Waals surface area contributed by atoms with Crippen LogP contribution in [0.15, 0.2) is 67.1 Å². The van der Waals surface area contributed by atoms with Gasteiger partial charge in [0.25, 0.3) is 0 Å². The SMILES string of the molecule is C=C(C)C.CC(=O)C(C)(C)n1cnc(C)c1.CCC.CCC.CCc1ccccc1.CNC1CCc2cc(C)cc(F)c2C1. The molecule has 1 N–H and O–H groups in total. The Morgan fingerprint density at radius 2 is 1.55 bits per heavy atom. The lowest BCUT2D eigenvalue weighted by Gasteiger charge is -2.24. The molecule has 3 aromatic rings. The monoisotopic (exact) mass is 610 g/mol. The fourth-order valence-electron chi connectivity index (χ4n) is 3.84. The van der Waals surface area contributed by atoms with E-state index >= 15 is 0 Å². The van der Waals surface area contributed by atoms with Crippen molar-refractivity contribution >= 4 is 5.78 Å². The van der Waals surface area contributed by atoms with E-state index in [1.807, 2.05) is 65.4 Å². The second-order valence-electron chi connectivity index (χ2n) is 12.1. The second-order valence-corrected chi connectivity index (χ2v) is 12.1. The normalized spacial score (nSPS) is 12.8. The summed E-state index contributed by atoms with van der Waals surface area (Å²) in [5.74, 6) is 0.111. The number of halogens is 1. The van der Waals surface area contributed by atoms with Crippen LogP contribution in [0, 0.1) is 19.7 Å². The molecule has 4 rings (SSSR count). The van der Waals surface area contributed by atoms with Crippen LogP contribution in [-0.2, 0) is 29.6 Å². The van der Waals surface area contributed by atoms with Crippen molar-refractivity contribution in [3.8, 4) is 0 Å². The number of carbonyl (C=O) groups is 1. The van der Waals surface area contributed by atoms with E-state index in [1.54, 1.807) is 19.3 Å². The molecule has 0 spiro atoms. The number of ketones is 1. The molecule has 5 heteroatoms. The molecule has 1 heterocycles. The van der Waals surface area contributed by atoms with Gasteiger partial charge in [-0.3, -0.25) is 4.79 Å². The summed E-state index contributed by atoms with van der Waals surface area (Å²) in [5.41, 5.74) is 6.19. The highest BCUT2D eigenvalue weighted by atomic mass is 19.1. The number of rotatable bonds is 4. The molecule has 0 saturated carbocycles. The van der Waals surface area contributed by atoms with Crippen LogP contribution in [0.25, 0.3) is 0 Å². The zero-order valence-corrected chi connectivity index (χ0v) is 30.4. The summed E-state index contributed by atoms with van der Waals surface area (Å²) < 4.78 is 15.5. The van der Waals surface area contributed by atoms with Crippen LogP contribution in [0.4, 0.5) is 4.39 Å². The Morgan fingerprint density at radius 1 is 1.02 bits per heavy atom. The van der Waals surface area contributed by atoms with Gasteiger partial charge in [0, 0.05) is 12.2 Å². The molecule has 1 aromatic heterocycles. The third-order valence-corrected chi connectivity index (χ3v) is 6.52. The summed E-state index contributed by atoms with van der Waals surface area (Å²) in [7, 11) is 1.95. The van der Waals surface area contributed by atoms with Gasteiger partial charge in [0.15, 0.2) is 5.78 Å². The highest BCUT2D eigenvalue weighted by Crippen LogP contribution is 2.25. The average Bonchev–Trinajstić information content (AvgIpc) is 3.41. The molecular weight excluding hydrogens is 545 g/mol. The van der Waals surface area contributed by atoms with Crippen LogP contribution >= 0.6 is 0 Å². The summed E-state index contributed by atoms with van der Waals surface area (Å²) in [6, 6.07) is 14.7. The minimum absolute atomic E-state index is 0.0278. The predicted molar refractivity (Wildman–Crippen MR) is 191 cm³/mol. The predicted octanol–water partition coefficient (Wildman–Crippen LogP) is 10.4. The Hall–Kier alpha value is -3.05. The molecule has 1 aliphatic rings. The zero-order valence-electron chi connectivity index (χ0n) is 30.4. The van der Waals surface area contributed by atoms with Crippen LogP contribution in [0.2, 0.25) is 0 Å². The number of likely N-dealkylation sites (N-methyl/N-ethyl adjacent to an activating group) is 1. The Balaban J connectivity index is 0. The van der Waals surface area contributed by atoms with Gasteiger partial charge in [-0.25, -0.2) is 9.37 Å². The lowest BCUT2D eigenvalue weighted by molar-refractivity contribution is -0.123. The van der Waals surface area contributed by atoms with Crippen molar-refractivity contribution in [2.45, 2.75) is 133 Å². The van der Waals surface area contributed by atoms with E-state index < -0.39 is 5.54 Å². The maximum atomic E-state index is 13.6. The van der Waals surface area contributed by atoms with Gasteiger partial charge in [-0.15, -0.1) is 6.58 Å². The van der Waals surface area contributed by atoms with E-state index in [9.17, 15) is 9.18 Å². The number of nitrogens with one attached hydrogen (secondary N) is 1. The molecule has 44 heavy (non-hydrogen) atoms. The van der Waals surface area contributed by atoms with Gasteiger partial charge in [0.1, 0.15) is 5.82 Å². The van der Waals surface area contributed by atoms with Crippen LogP contribution < -0.4 is 5.32 Å². The Labute approximate surface area is 270 Å². The number of hydrogen-bond acceptors (Lipinski definition) is 3. The first-order valence-electron chi connectivity index (χ1n) is 16.3. The molecule has 248 valence electrons. The molecule has 2 aromatic carbocycles. The summed E-state index contributed by atoms with van der Waals surface area (Å²) in [6.07, 6.45) is 10.2. The first-order valence-corrected chi connectivity index (χ1v) is 16.3. The zero-order chi connectivity index (χ0) is 34.3. The highest BCUT2D eigenvalue weighted by Gasteiger charge is 2.25. The van der Waals surface area contributed by atoms with E-state index in [0.29, 0.717) is 6.04 Å². The van der Waals surface area contributed by atoms with E-state index in [2.05, 4.69) is 81.8 Å². The number of benzene rings is 2. The maximum absolute atomic E-state index is 13.6. The third-order valence-electron chi connectivity index (χ3n) is 6.52. The van der Waals surface area contributed by atoms with Crippen molar-refractivity contribution in [2.75, 3.05) is 7.05 Å². The number of allylic oxidation sites excluding steroid dienone is 1. The molecular formula is C39H64FN3O. The Kier molecular flexibility index (Phi) is 23.8. The van der Waals surface area contributed by atoms with Crippen molar-refractivity contribution in [2.24, 2.45) is 0 Å². The Morgan fingerprint density at radius 3 is 1.93 bits per heavy atom. The highest BCUT2D eigenvalue weighted by molar-refractivity contribution is 5.83. The second kappa shape index (κ2) is 24.3. The standard InChI is InChI=1S/C12H16FN.C9H14N2O.C8H10.C4H8.2C3H8/c1-8-5-9-3-4-10(14-2)7-11(9)12(13)6-8;1-7-5-11(6-10-7)9(3,4)8(2)12;1-2-8-6-4-3-5-7-8;1-4(2)3;2*1-3-2/h5-6,10,14H,3-4,7H2,1-2H3;5-6H,1-4H3;3-7H,2H2,1H3;1H2,2-3H3;2*3H2,1-2H3. The van der Waals surface area contributed by atoms with E-state index in [4.69, 9.17) is 0 Å². The lowest BCUT2D eigenvalue weighted by Crippen LogP contribution is -2.32. The third kappa shape index (κ3) is 18.6. The van der Waals surface area contributed by atoms with Crippen molar-refractivity contribution in [3.05, 3.63) is 101 Å². The number of carbonyl (C=O) groups excluding carboxylic acids is 1. The smallest absolute Gasteiger partial charge is 0.155 e. The first-order chi connectivity index (χ1) is 20.6. The van der Waals surface area contributed by atoms with Gasteiger partial charge in [-0.1, -0.05) is 89.4 Å². The molecule has 1 atom stereocenters. The van der Waals surface area contributed by atoms with Crippen LogP contribution in [0.3, 0.4) is 0 Å². The van der Waals surface area contributed by atoms with Crippen molar-refractivity contribution in [3.63, 3.8) is 0 Å². The first kappa shape index (κ1) is 43.1. The van der Waals surface area contributed by atoms with E-state index in [0.717, 1.165) is 42.5 Å². The number of hydrogen-bond donors (Lipinski definition) is 1. The topological polar surface area (TPSA) is 46.9 Å². The number of nitrogens with zero attached hydrogens (tertiary/aromatic N) is 2. The van der Waals surface area contributed by atoms with Crippen LogP contribution in [0.5, 0.6) is 0 Å². The quantitative estimate of drug-likeness (QED) is 0.299. The summed E-state index contributed by atoms with van der Waals surface area (Å²) >= 11 is 0. The van der Waals surface area contributed by atoms with Gasteiger partial charge in [0.05, 0.1) is 17.6 Å². The maximum Gasteiger partial charge on any atom is 0.155 e. The largest absolute Gasteiger partial charge is 0.325 e. The minimum Gasteiger partial charge on any atom is -0.325 e. The molecule has 4 nitrogen and oxygen atoms in total. The Bertz CT molecular complexity index is 1180. The number of aromatic nitrogens is 2. The fraction of sp³-hybridized carbons (Fsp3) is 0.538. The number of imidazole rings is 1. The molecule has 0 saturated heterocycles. The lowest BCUT2D eigenvalue weighted by atomic mass is 9.87. The van der Waals surface area contributed by atoms with Crippen LogP contribution in [0.1, 0.15) is 116 Å². The number of aryl methyl sites for hydroxylation is 4. The number of fused-ring (bicyclic) bond motifs is 1. The van der Waals surface area contributed by atoms with Crippen molar-refractivity contribution in [1.82, 2.24) is 14.9 Å². The van der Waals surface area contributed by atoms with Gasteiger partial charge in [0.2, 0.25) is 0 Å². The number of Topliss-reactive ketones (excluding diaryl/α,β-unsaturated/α-hetero) is 1. The van der Waals surface area contributed by atoms with Gasteiger partial charge in [-0.05, 0) is 110 Å². The summed E-state index contributed by atoms with van der Waals surface area (Å²) in [5, 5.41) is 3.22. The van der Waals surface area contributed by atoms with E-state index in [-0.39, 0.29) is 11.6 Å². The molecule has 0 fully saturated rings. The molecule has 1 unspecified atom stereocenters. The fourth-order valence-corrected chi connectivity index (χ4v) is 3.84. The molecule has 0 amide bonds. The van der Waals surface area contributed by atoms with Gasteiger partial charge < -0.3 is 9.88 Å². The minimum atomic E-state index is -0.471. The van der Waals surface area contributed by atoms with E-state index in [1.165, 1.54) is 29.5 Å². The van der Waals surface area contributed by atoms with Crippen molar-refractivity contribution < 1.29 is 9.18 Å². The molecule has 0 bridgehead atoms. The van der Waals surface area contributed by atoms with Crippen LogP contribution in [-0.4, -0.2) is 28.4 Å². The molecule has 1 aliphatic carbocycles.